The molecule has 24 heavy (non-hydrogen) atoms. The number of unbranched alkanes of at least 4 members (excludes halogenated alkanes) is 10. The Morgan fingerprint density at radius 2 is 1.08 bits per heavy atom. The number of hydrogen-bond acceptors (Lipinski definition) is 3. The topological polar surface area (TPSA) is 74.6 Å². The Bertz CT molecular complexity index is 366. The van der Waals surface area contributed by atoms with Crippen molar-refractivity contribution in [1.29, 1.82) is 0 Å². The molecule has 0 aliphatic carbocycles. The molecule has 2 N–H and O–H groups in total. The molecule has 0 aliphatic rings. The van der Waals surface area contributed by atoms with E-state index in [4.69, 9.17) is 0 Å². The third-order valence-corrected chi connectivity index (χ3v) is 6.01. The molecule has 0 rings (SSSR count). The Balaban J connectivity index is 3.76. The van der Waals surface area contributed by atoms with Crippen molar-refractivity contribution < 1.29 is 18.1 Å². The molecule has 0 aliphatic heterocycles. The summed E-state index contributed by atoms with van der Waals surface area (Å²) in [6, 6.07) is 0. The van der Waals surface area contributed by atoms with Gasteiger partial charge in [-0.05, 0) is 26.2 Å². The maximum atomic E-state index is 11.5. The van der Waals surface area contributed by atoms with Gasteiger partial charge in [0.2, 0.25) is 0 Å². The van der Waals surface area contributed by atoms with E-state index in [0.29, 0.717) is 12.8 Å². The Morgan fingerprint density at radius 1 is 0.708 bits per heavy atom. The molecule has 0 radical (unpaired) electrons. The Hall–Kier alpha value is -0.130. The molecule has 5 heteroatoms. The predicted octanol–water partition coefficient (Wildman–Crippen LogP) is 5.50. The molecule has 0 saturated carbocycles. The molecule has 0 fully saturated rings. The summed E-state index contributed by atoms with van der Waals surface area (Å²) in [6.07, 6.45) is 15.0. The molecule has 0 aromatic carbocycles. The van der Waals surface area contributed by atoms with Crippen molar-refractivity contribution in [2.24, 2.45) is 0 Å². The third-order valence-electron chi connectivity index (χ3n) is 4.70. The molecule has 0 saturated heterocycles. The fraction of sp³-hybridized carbons (Fsp3) is 1.00. The maximum absolute atomic E-state index is 11.5. The highest BCUT2D eigenvalue weighted by Gasteiger charge is 2.21. The van der Waals surface area contributed by atoms with Gasteiger partial charge in [0.15, 0.2) is 0 Å². The van der Waals surface area contributed by atoms with Crippen molar-refractivity contribution in [1.82, 2.24) is 0 Å². The molecule has 2 atom stereocenters. The summed E-state index contributed by atoms with van der Waals surface area (Å²) < 4.78 is 32.4. The van der Waals surface area contributed by atoms with Crippen molar-refractivity contribution in [3.05, 3.63) is 0 Å². The second kappa shape index (κ2) is 15.2. The molecule has 0 amide bonds. The van der Waals surface area contributed by atoms with E-state index < -0.39 is 15.4 Å². The van der Waals surface area contributed by atoms with Gasteiger partial charge in [0.25, 0.3) is 10.1 Å². The Morgan fingerprint density at radius 3 is 1.46 bits per heavy atom. The molecule has 0 bridgehead atoms. The molecule has 0 aromatic rings. The predicted molar refractivity (Wildman–Crippen MR) is 102 cm³/mol. The second-order valence-electron chi connectivity index (χ2n) is 7.24. The van der Waals surface area contributed by atoms with Crippen LogP contribution >= 0.6 is 0 Å². The van der Waals surface area contributed by atoms with E-state index in [2.05, 4.69) is 6.92 Å². The molecule has 0 heterocycles. The van der Waals surface area contributed by atoms with Gasteiger partial charge in [-0.15, -0.1) is 0 Å². The number of aliphatic hydroxyl groups excluding tert-OH is 1. The smallest absolute Gasteiger partial charge is 0.267 e. The van der Waals surface area contributed by atoms with Crippen molar-refractivity contribution in [3.8, 4) is 0 Å². The zero-order valence-electron chi connectivity index (χ0n) is 15.9. The van der Waals surface area contributed by atoms with Gasteiger partial charge in [-0.25, -0.2) is 0 Å². The van der Waals surface area contributed by atoms with Crippen LogP contribution in [0.15, 0.2) is 0 Å². The van der Waals surface area contributed by atoms with Crippen molar-refractivity contribution >= 4 is 10.1 Å². The number of rotatable bonds is 17. The van der Waals surface area contributed by atoms with E-state index in [-0.39, 0.29) is 6.10 Å². The zero-order valence-corrected chi connectivity index (χ0v) is 16.7. The molecule has 4 nitrogen and oxygen atoms in total. The first-order valence-electron chi connectivity index (χ1n) is 10.0. The van der Waals surface area contributed by atoms with Gasteiger partial charge in [-0.1, -0.05) is 84.0 Å². The van der Waals surface area contributed by atoms with Crippen LogP contribution in [0.5, 0.6) is 0 Å². The average Bonchev–Trinajstić information content (AvgIpc) is 2.49. The first kappa shape index (κ1) is 23.9. The lowest BCUT2D eigenvalue weighted by Gasteiger charge is -2.13. The lowest BCUT2D eigenvalue weighted by atomic mass is 10.0. The van der Waals surface area contributed by atoms with E-state index in [1.165, 1.54) is 32.1 Å². The normalized spacial score (nSPS) is 14.7. The van der Waals surface area contributed by atoms with Crippen molar-refractivity contribution in [2.45, 2.75) is 122 Å². The highest BCUT2D eigenvalue weighted by molar-refractivity contribution is 7.86. The van der Waals surface area contributed by atoms with E-state index in [0.717, 1.165) is 51.4 Å². The first-order chi connectivity index (χ1) is 11.4. The number of hydrogen-bond donors (Lipinski definition) is 2. The Kier molecular flexibility index (Phi) is 15.1. The highest BCUT2D eigenvalue weighted by Crippen LogP contribution is 2.19. The van der Waals surface area contributed by atoms with E-state index >= 15 is 0 Å². The summed E-state index contributed by atoms with van der Waals surface area (Å²) in [7, 11) is -3.91. The molecule has 2 unspecified atom stereocenters. The van der Waals surface area contributed by atoms with Gasteiger partial charge in [0.05, 0.1) is 11.4 Å². The second-order valence-corrected chi connectivity index (χ2v) is 8.94. The quantitative estimate of drug-likeness (QED) is 0.264. The van der Waals surface area contributed by atoms with Crippen LogP contribution in [0.4, 0.5) is 0 Å². The van der Waals surface area contributed by atoms with Crippen molar-refractivity contribution in [2.75, 3.05) is 0 Å². The van der Waals surface area contributed by atoms with Gasteiger partial charge in [0, 0.05) is 0 Å². The molecule has 0 spiro atoms. The van der Waals surface area contributed by atoms with Crippen molar-refractivity contribution in [3.63, 3.8) is 0 Å². The largest absolute Gasteiger partial charge is 0.393 e. The van der Waals surface area contributed by atoms with Crippen LogP contribution in [-0.4, -0.2) is 29.4 Å². The summed E-state index contributed by atoms with van der Waals surface area (Å²) in [4.78, 5) is 0. The summed E-state index contributed by atoms with van der Waals surface area (Å²) in [5.41, 5.74) is 0. The minimum atomic E-state index is -3.91. The third kappa shape index (κ3) is 15.4. The summed E-state index contributed by atoms with van der Waals surface area (Å²) >= 11 is 0. The zero-order chi connectivity index (χ0) is 18.3. The van der Waals surface area contributed by atoms with Gasteiger partial charge >= 0.3 is 0 Å². The lowest BCUT2D eigenvalue weighted by Crippen LogP contribution is -2.20. The number of aliphatic hydroxyl groups is 1. The van der Waals surface area contributed by atoms with Gasteiger partial charge in [0.1, 0.15) is 0 Å². The summed E-state index contributed by atoms with van der Waals surface area (Å²) in [6.45, 7) is 4.00. The van der Waals surface area contributed by atoms with Crippen LogP contribution in [0.2, 0.25) is 0 Å². The fourth-order valence-corrected chi connectivity index (χ4v) is 4.04. The standard InChI is InChI=1S/C19H40O4S/c1-3-4-5-6-7-10-13-16-19(24(21,22)23)17-14-11-8-9-12-15-18(2)20/h18-20H,3-17H2,1-2H3,(H,21,22,23). The van der Waals surface area contributed by atoms with Crippen LogP contribution in [0, 0.1) is 0 Å². The molecular weight excluding hydrogens is 324 g/mol. The molecule has 0 aromatic heterocycles. The lowest BCUT2D eigenvalue weighted by molar-refractivity contribution is 0.180. The molecular formula is C19H40O4S. The first-order valence-corrected chi connectivity index (χ1v) is 11.5. The maximum Gasteiger partial charge on any atom is 0.267 e. The SMILES string of the molecule is CCCCCCCCCC(CCCCCCCC(C)O)S(=O)(=O)O. The fourth-order valence-electron chi connectivity index (χ4n) is 3.11. The van der Waals surface area contributed by atoms with E-state index in [1.54, 1.807) is 6.92 Å². The van der Waals surface area contributed by atoms with Gasteiger partial charge in [-0.2, -0.15) is 8.42 Å². The van der Waals surface area contributed by atoms with Crippen LogP contribution < -0.4 is 0 Å². The molecule has 146 valence electrons. The van der Waals surface area contributed by atoms with Crippen LogP contribution in [0.1, 0.15) is 110 Å². The van der Waals surface area contributed by atoms with Gasteiger partial charge < -0.3 is 5.11 Å². The van der Waals surface area contributed by atoms with Crippen LogP contribution in [-0.2, 0) is 10.1 Å². The summed E-state index contributed by atoms with van der Waals surface area (Å²) in [5, 5.41) is 8.61. The average molecular weight is 365 g/mol. The highest BCUT2D eigenvalue weighted by atomic mass is 32.2. The monoisotopic (exact) mass is 364 g/mol. The van der Waals surface area contributed by atoms with E-state index in [1.807, 2.05) is 0 Å². The Labute approximate surface area is 150 Å². The van der Waals surface area contributed by atoms with Crippen LogP contribution in [0.25, 0.3) is 0 Å². The van der Waals surface area contributed by atoms with E-state index in [9.17, 15) is 18.1 Å². The summed E-state index contributed by atoms with van der Waals surface area (Å²) in [5.74, 6) is 0. The minimum Gasteiger partial charge on any atom is -0.393 e. The van der Waals surface area contributed by atoms with Crippen LogP contribution in [0.3, 0.4) is 0 Å². The van der Waals surface area contributed by atoms with Gasteiger partial charge in [-0.3, -0.25) is 4.55 Å². The minimum absolute atomic E-state index is 0.226.